The molecule has 0 radical (unpaired) electrons. The topological polar surface area (TPSA) is 110 Å². The summed E-state index contributed by atoms with van der Waals surface area (Å²) in [5.74, 6) is 1.52. The molecule has 3 rings (SSSR count). The summed E-state index contributed by atoms with van der Waals surface area (Å²) >= 11 is 0. The number of anilines is 1. The first-order valence-corrected chi connectivity index (χ1v) is 11.1. The second-order valence-corrected chi connectivity index (χ2v) is 8.77. The summed E-state index contributed by atoms with van der Waals surface area (Å²) in [5.41, 5.74) is 0.291. The second kappa shape index (κ2) is 9.61. The highest BCUT2D eigenvalue weighted by molar-refractivity contribution is 7.89. The van der Waals surface area contributed by atoms with Crippen molar-refractivity contribution >= 4 is 21.6 Å². The number of aryl methyl sites for hydroxylation is 1. The van der Waals surface area contributed by atoms with E-state index in [9.17, 15) is 13.2 Å². The van der Waals surface area contributed by atoms with Crippen molar-refractivity contribution in [1.29, 1.82) is 0 Å². The number of nitrogens with one attached hydrogen (secondary N) is 2. The van der Waals surface area contributed by atoms with Crippen LogP contribution < -0.4 is 14.8 Å². The van der Waals surface area contributed by atoms with Gasteiger partial charge in [-0.3, -0.25) is 9.69 Å². The monoisotopic (exact) mass is 437 g/mol. The van der Waals surface area contributed by atoms with Crippen LogP contribution in [0, 0.1) is 6.92 Å². The lowest BCUT2D eigenvalue weighted by molar-refractivity contribution is -0.114. The van der Waals surface area contributed by atoms with Crippen molar-refractivity contribution in [2.45, 2.75) is 24.8 Å². The lowest BCUT2D eigenvalue weighted by atomic mass is 10.2. The van der Waals surface area contributed by atoms with Gasteiger partial charge in [-0.05, 0) is 37.3 Å². The summed E-state index contributed by atoms with van der Waals surface area (Å²) in [6.45, 7) is 5.87. The smallest absolute Gasteiger partial charge is 0.240 e. The standard InChI is InChI=1S/C20H27N3O6S/c1-14-4-6-20(29-14)18(23-8-10-28-11-9-23)13-21-30(25,26)16-5-7-19(27-3)17(12-16)22-15(2)24/h4-7,12,18,21H,8-11,13H2,1-3H3,(H,22,24)/t18-/m1/s1. The van der Waals surface area contributed by atoms with Crippen molar-refractivity contribution < 1.29 is 27.1 Å². The molecule has 2 N–H and O–H groups in total. The fraction of sp³-hybridized carbons (Fsp3) is 0.450. The van der Waals surface area contributed by atoms with Gasteiger partial charge in [-0.2, -0.15) is 0 Å². The lowest BCUT2D eigenvalue weighted by Crippen LogP contribution is -2.43. The van der Waals surface area contributed by atoms with Crippen LogP contribution in [-0.4, -0.2) is 59.2 Å². The number of nitrogens with zero attached hydrogens (tertiary/aromatic N) is 1. The number of sulfonamides is 1. The molecule has 1 atom stereocenters. The van der Waals surface area contributed by atoms with Gasteiger partial charge in [-0.1, -0.05) is 0 Å². The molecular weight excluding hydrogens is 410 g/mol. The Labute approximate surface area is 176 Å². The first-order valence-electron chi connectivity index (χ1n) is 9.63. The van der Waals surface area contributed by atoms with Crippen molar-refractivity contribution in [1.82, 2.24) is 9.62 Å². The molecule has 1 fully saturated rings. The van der Waals surface area contributed by atoms with Crippen LogP contribution in [0.3, 0.4) is 0 Å². The number of furan rings is 1. The molecule has 2 heterocycles. The number of methoxy groups -OCH3 is 1. The predicted molar refractivity (Wildman–Crippen MR) is 111 cm³/mol. The van der Waals surface area contributed by atoms with Crippen LogP contribution >= 0.6 is 0 Å². The number of amides is 1. The summed E-state index contributed by atoms with van der Waals surface area (Å²) in [4.78, 5) is 13.6. The summed E-state index contributed by atoms with van der Waals surface area (Å²) in [5, 5.41) is 2.59. The molecule has 0 saturated carbocycles. The predicted octanol–water partition coefficient (Wildman–Crippen LogP) is 1.91. The highest BCUT2D eigenvalue weighted by atomic mass is 32.2. The van der Waals surface area contributed by atoms with Gasteiger partial charge in [0.05, 0.1) is 36.9 Å². The fourth-order valence-electron chi connectivity index (χ4n) is 3.34. The maximum Gasteiger partial charge on any atom is 0.240 e. The summed E-state index contributed by atoms with van der Waals surface area (Å²) in [6.07, 6.45) is 0. The van der Waals surface area contributed by atoms with Gasteiger partial charge in [0.25, 0.3) is 0 Å². The Morgan fingerprint density at radius 2 is 1.97 bits per heavy atom. The maximum absolute atomic E-state index is 13.0. The zero-order valence-electron chi connectivity index (χ0n) is 17.3. The Balaban J connectivity index is 1.81. The fourth-order valence-corrected chi connectivity index (χ4v) is 4.41. The normalized spacial score (nSPS) is 16.2. The average Bonchev–Trinajstić information content (AvgIpc) is 3.14. The molecule has 0 bridgehead atoms. The minimum Gasteiger partial charge on any atom is -0.495 e. The number of ether oxygens (including phenoxy) is 2. The van der Waals surface area contributed by atoms with Crippen LogP contribution in [0.25, 0.3) is 0 Å². The van der Waals surface area contributed by atoms with Crippen molar-refractivity contribution in [3.63, 3.8) is 0 Å². The molecule has 0 spiro atoms. The number of carbonyl (C=O) groups excluding carboxylic acids is 1. The molecule has 10 heteroatoms. The Kier molecular flexibility index (Phi) is 7.14. The van der Waals surface area contributed by atoms with Crippen LogP contribution in [0.15, 0.2) is 39.6 Å². The van der Waals surface area contributed by atoms with Gasteiger partial charge in [0.2, 0.25) is 15.9 Å². The van der Waals surface area contributed by atoms with Gasteiger partial charge >= 0.3 is 0 Å². The van der Waals surface area contributed by atoms with E-state index >= 15 is 0 Å². The molecule has 1 aliphatic rings. The highest BCUT2D eigenvalue weighted by Crippen LogP contribution is 2.28. The van der Waals surface area contributed by atoms with E-state index in [1.54, 1.807) is 0 Å². The van der Waals surface area contributed by atoms with Gasteiger partial charge in [0, 0.05) is 26.6 Å². The number of hydrogen-bond acceptors (Lipinski definition) is 7. The number of benzene rings is 1. The zero-order valence-corrected chi connectivity index (χ0v) is 18.1. The minimum absolute atomic E-state index is 0.0309. The van der Waals surface area contributed by atoms with Crippen molar-refractivity contribution in [3.05, 3.63) is 41.9 Å². The van der Waals surface area contributed by atoms with E-state index in [2.05, 4.69) is 14.9 Å². The van der Waals surface area contributed by atoms with E-state index in [0.717, 1.165) is 5.76 Å². The van der Waals surface area contributed by atoms with Gasteiger partial charge in [-0.25, -0.2) is 13.1 Å². The quantitative estimate of drug-likeness (QED) is 0.649. The van der Waals surface area contributed by atoms with Crippen LogP contribution in [0.5, 0.6) is 5.75 Å². The number of morpholine rings is 1. The molecule has 164 valence electrons. The SMILES string of the molecule is COc1ccc(S(=O)(=O)NC[C@H](c2ccc(C)o2)N2CCOCC2)cc1NC(C)=O. The van der Waals surface area contributed by atoms with Crippen LogP contribution in [-0.2, 0) is 19.6 Å². The Bertz CT molecular complexity index is 982. The van der Waals surface area contributed by atoms with E-state index in [0.29, 0.717) is 43.5 Å². The third kappa shape index (κ3) is 5.39. The molecule has 1 amide bonds. The molecule has 2 aromatic rings. The van der Waals surface area contributed by atoms with Crippen molar-refractivity contribution in [2.75, 3.05) is 45.3 Å². The number of carbonyl (C=O) groups is 1. The summed E-state index contributed by atoms with van der Waals surface area (Å²) in [6, 6.07) is 7.79. The Morgan fingerprint density at radius 1 is 1.23 bits per heavy atom. The minimum atomic E-state index is -3.83. The molecule has 1 aliphatic heterocycles. The molecule has 0 unspecified atom stereocenters. The van der Waals surface area contributed by atoms with E-state index in [4.69, 9.17) is 13.9 Å². The van der Waals surface area contributed by atoms with E-state index in [1.807, 2.05) is 19.1 Å². The summed E-state index contributed by atoms with van der Waals surface area (Å²) < 4.78 is 45.0. The number of hydrogen-bond donors (Lipinski definition) is 2. The molecule has 1 aromatic heterocycles. The Morgan fingerprint density at radius 3 is 2.57 bits per heavy atom. The first kappa shape index (κ1) is 22.3. The maximum atomic E-state index is 13.0. The third-order valence-corrected chi connectivity index (χ3v) is 6.26. The second-order valence-electron chi connectivity index (χ2n) is 7.01. The third-order valence-electron chi connectivity index (χ3n) is 4.83. The highest BCUT2D eigenvalue weighted by Gasteiger charge is 2.27. The van der Waals surface area contributed by atoms with Crippen LogP contribution in [0.2, 0.25) is 0 Å². The van der Waals surface area contributed by atoms with E-state index in [1.165, 1.54) is 32.2 Å². The van der Waals surface area contributed by atoms with Gasteiger partial charge in [-0.15, -0.1) is 0 Å². The molecule has 9 nitrogen and oxygen atoms in total. The van der Waals surface area contributed by atoms with E-state index < -0.39 is 10.0 Å². The Hall–Kier alpha value is -2.40. The van der Waals surface area contributed by atoms with Crippen LogP contribution in [0.4, 0.5) is 5.69 Å². The van der Waals surface area contributed by atoms with Gasteiger partial charge in [0.15, 0.2) is 0 Å². The molecule has 0 aliphatic carbocycles. The van der Waals surface area contributed by atoms with E-state index in [-0.39, 0.29) is 23.4 Å². The van der Waals surface area contributed by atoms with Gasteiger partial charge < -0.3 is 19.2 Å². The molecular formula is C20H27N3O6S. The van der Waals surface area contributed by atoms with Crippen LogP contribution in [0.1, 0.15) is 24.5 Å². The molecule has 30 heavy (non-hydrogen) atoms. The lowest BCUT2D eigenvalue weighted by Gasteiger charge is -2.33. The van der Waals surface area contributed by atoms with Crippen molar-refractivity contribution in [3.8, 4) is 5.75 Å². The average molecular weight is 438 g/mol. The summed E-state index contributed by atoms with van der Waals surface area (Å²) in [7, 11) is -2.39. The number of rotatable bonds is 8. The van der Waals surface area contributed by atoms with Gasteiger partial charge in [0.1, 0.15) is 17.3 Å². The zero-order chi connectivity index (χ0) is 21.7. The molecule has 1 saturated heterocycles. The molecule has 1 aromatic carbocycles. The van der Waals surface area contributed by atoms with Crippen molar-refractivity contribution in [2.24, 2.45) is 0 Å². The largest absolute Gasteiger partial charge is 0.495 e. The first-order chi connectivity index (χ1) is 14.3.